The summed E-state index contributed by atoms with van der Waals surface area (Å²) in [6, 6.07) is 7.36. The number of hydrogen-bond acceptors (Lipinski definition) is 6. The van der Waals surface area contributed by atoms with Gasteiger partial charge in [-0.15, -0.1) is 11.3 Å². The van der Waals surface area contributed by atoms with Gasteiger partial charge in [-0.25, -0.2) is 9.67 Å². The fourth-order valence-corrected chi connectivity index (χ4v) is 3.73. The fourth-order valence-electron chi connectivity index (χ4n) is 2.89. The maximum atomic E-state index is 12.6. The molecule has 0 aliphatic carbocycles. The number of rotatable bonds is 5. The fraction of sp³-hybridized carbons (Fsp3) is 0.263. The molecule has 0 spiro atoms. The Hall–Kier alpha value is -3.20. The lowest BCUT2D eigenvalue weighted by atomic mass is 10.2. The summed E-state index contributed by atoms with van der Waals surface area (Å²) in [5.41, 5.74) is 2.08. The van der Waals surface area contributed by atoms with E-state index >= 15 is 0 Å². The van der Waals surface area contributed by atoms with Gasteiger partial charge in [0.1, 0.15) is 12.4 Å². The van der Waals surface area contributed by atoms with Crippen molar-refractivity contribution in [2.45, 2.75) is 13.3 Å². The number of amides is 2. The number of benzene rings is 1. The second-order valence-electron chi connectivity index (χ2n) is 6.19. The molecule has 28 heavy (non-hydrogen) atoms. The summed E-state index contributed by atoms with van der Waals surface area (Å²) >= 11 is 1.47. The summed E-state index contributed by atoms with van der Waals surface area (Å²) in [6.45, 7) is 2.81. The van der Waals surface area contributed by atoms with Crippen LogP contribution in [0.25, 0.3) is 5.13 Å². The zero-order chi connectivity index (χ0) is 19.5. The van der Waals surface area contributed by atoms with Crippen LogP contribution in [0.5, 0.6) is 5.75 Å². The molecule has 3 aromatic rings. The molecule has 2 amide bonds. The van der Waals surface area contributed by atoms with E-state index in [0.29, 0.717) is 29.6 Å². The normalized spacial score (nSPS) is 13.0. The molecule has 4 rings (SSSR count). The monoisotopic (exact) mass is 397 g/mol. The summed E-state index contributed by atoms with van der Waals surface area (Å²) in [7, 11) is 0. The van der Waals surface area contributed by atoms with Crippen LogP contribution < -0.4 is 15.0 Å². The van der Waals surface area contributed by atoms with Gasteiger partial charge in [0.05, 0.1) is 36.2 Å². The van der Waals surface area contributed by atoms with E-state index in [1.54, 1.807) is 15.8 Å². The number of carbonyl (C=O) groups excluding carboxylic acids is 2. The Morgan fingerprint density at radius 1 is 1.32 bits per heavy atom. The largest absolute Gasteiger partial charge is 0.490 e. The summed E-state index contributed by atoms with van der Waals surface area (Å²) in [4.78, 5) is 31.1. The molecule has 3 heterocycles. The molecule has 2 aromatic heterocycles. The number of nitrogens with one attached hydrogen (secondary N) is 1. The van der Waals surface area contributed by atoms with Crippen LogP contribution in [0.4, 0.5) is 5.69 Å². The summed E-state index contributed by atoms with van der Waals surface area (Å²) in [6.07, 6.45) is 3.93. The summed E-state index contributed by atoms with van der Waals surface area (Å²) < 4.78 is 7.12. The summed E-state index contributed by atoms with van der Waals surface area (Å²) in [5.74, 6) is 0.127. The minimum atomic E-state index is -0.353. The highest BCUT2D eigenvalue weighted by Gasteiger charge is 2.23. The number of nitrogens with zero attached hydrogens (tertiary/aromatic N) is 4. The van der Waals surface area contributed by atoms with Gasteiger partial charge < -0.3 is 15.0 Å². The van der Waals surface area contributed by atoms with Crippen LogP contribution in [0.1, 0.15) is 23.0 Å². The van der Waals surface area contributed by atoms with Crippen LogP contribution in [-0.2, 0) is 11.2 Å². The molecule has 1 aliphatic rings. The first-order valence-corrected chi connectivity index (χ1v) is 9.83. The minimum Gasteiger partial charge on any atom is -0.490 e. The molecule has 0 fully saturated rings. The van der Waals surface area contributed by atoms with Gasteiger partial charge in [-0.05, 0) is 18.6 Å². The molecule has 8 nitrogen and oxygen atoms in total. The molecule has 0 radical (unpaired) electrons. The molecule has 1 aliphatic heterocycles. The molecular formula is C19H19N5O3S. The number of thiazole rings is 1. The van der Waals surface area contributed by atoms with E-state index in [9.17, 15) is 9.59 Å². The van der Waals surface area contributed by atoms with Crippen LogP contribution in [0.3, 0.4) is 0 Å². The number of aromatic nitrogens is 3. The number of hydrogen-bond donors (Lipinski definition) is 1. The van der Waals surface area contributed by atoms with Crippen molar-refractivity contribution in [3.8, 4) is 10.9 Å². The van der Waals surface area contributed by atoms with Crippen molar-refractivity contribution in [3.63, 3.8) is 0 Å². The topological polar surface area (TPSA) is 89.4 Å². The van der Waals surface area contributed by atoms with Gasteiger partial charge in [-0.3, -0.25) is 9.59 Å². The summed E-state index contributed by atoms with van der Waals surface area (Å²) in [5, 5.41) is 9.53. The van der Waals surface area contributed by atoms with Crippen LogP contribution in [0.2, 0.25) is 0 Å². The number of fused-ring (bicyclic) bond motifs is 1. The highest BCUT2D eigenvalue weighted by atomic mass is 32.1. The van der Waals surface area contributed by atoms with Crippen LogP contribution in [0, 0.1) is 0 Å². The molecule has 0 atom stereocenters. The molecule has 0 bridgehead atoms. The lowest BCUT2D eigenvalue weighted by molar-refractivity contribution is -0.117. The van der Waals surface area contributed by atoms with Gasteiger partial charge in [-0.2, -0.15) is 5.10 Å². The van der Waals surface area contributed by atoms with Crippen molar-refractivity contribution >= 4 is 28.8 Å². The SMILES string of the molecule is CCc1csc(-n2cc(C(=O)NCC(=O)N3CCOc4ccccc43)cn2)n1. The van der Waals surface area contributed by atoms with Crippen molar-refractivity contribution in [1.82, 2.24) is 20.1 Å². The molecule has 0 saturated heterocycles. The number of para-hydroxylation sites is 2. The Labute approximate surface area is 165 Å². The average Bonchev–Trinajstić information content (AvgIpc) is 3.40. The predicted octanol–water partition coefficient (Wildman–Crippen LogP) is 2.05. The van der Waals surface area contributed by atoms with Crippen molar-refractivity contribution in [1.29, 1.82) is 0 Å². The smallest absolute Gasteiger partial charge is 0.254 e. The van der Waals surface area contributed by atoms with E-state index in [0.717, 1.165) is 17.8 Å². The van der Waals surface area contributed by atoms with Gasteiger partial charge in [0.15, 0.2) is 0 Å². The van der Waals surface area contributed by atoms with E-state index in [4.69, 9.17) is 4.74 Å². The molecule has 144 valence electrons. The second-order valence-corrected chi connectivity index (χ2v) is 7.03. The maximum absolute atomic E-state index is 12.6. The average molecular weight is 397 g/mol. The molecule has 9 heteroatoms. The standard InChI is InChI=1S/C19H19N5O3S/c1-2-14-12-28-19(22-14)24-11-13(9-21-24)18(26)20-10-17(25)23-7-8-27-16-6-4-3-5-15(16)23/h3-6,9,11-12H,2,7-8,10H2,1H3,(H,20,26). The first-order valence-electron chi connectivity index (χ1n) is 8.95. The molecule has 1 aromatic carbocycles. The predicted molar refractivity (Wildman–Crippen MR) is 105 cm³/mol. The van der Waals surface area contributed by atoms with Gasteiger partial charge in [0.25, 0.3) is 5.91 Å². The van der Waals surface area contributed by atoms with Crippen LogP contribution in [-0.4, -0.2) is 46.3 Å². The van der Waals surface area contributed by atoms with Gasteiger partial charge in [0.2, 0.25) is 11.0 Å². The van der Waals surface area contributed by atoms with Crippen molar-refractivity contribution in [2.24, 2.45) is 0 Å². The maximum Gasteiger partial charge on any atom is 0.254 e. The number of anilines is 1. The lowest BCUT2D eigenvalue weighted by Gasteiger charge is -2.29. The zero-order valence-corrected chi connectivity index (χ0v) is 16.1. The first kappa shape index (κ1) is 18.2. The highest BCUT2D eigenvalue weighted by Crippen LogP contribution is 2.30. The Morgan fingerprint density at radius 3 is 3.00 bits per heavy atom. The molecule has 0 unspecified atom stereocenters. The van der Waals surface area contributed by atoms with Crippen molar-refractivity contribution < 1.29 is 14.3 Å². The van der Waals surface area contributed by atoms with Gasteiger partial charge >= 0.3 is 0 Å². The zero-order valence-electron chi connectivity index (χ0n) is 15.3. The quantitative estimate of drug-likeness (QED) is 0.712. The number of carbonyl (C=O) groups is 2. The Kier molecular flexibility index (Phi) is 5.07. The number of aryl methyl sites for hydroxylation is 1. The highest BCUT2D eigenvalue weighted by molar-refractivity contribution is 7.12. The minimum absolute atomic E-state index is 0.102. The van der Waals surface area contributed by atoms with E-state index in [2.05, 4.69) is 15.4 Å². The van der Waals surface area contributed by atoms with Crippen LogP contribution >= 0.6 is 11.3 Å². The van der Waals surface area contributed by atoms with Crippen molar-refractivity contribution in [3.05, 3.63) is 53.3 Å². The van der Waals surface area contributed by atoms with E-state index in [1.165, 1.54) is 17.5 Å². The Balaban J connectivity index is 1.39. The number of ether oxygens (including phenoxy) is 1. The van der Waals surface area contributed by atoms with E-state index < -0.39 is 0 Å². The molecular weight excluding hydrogens is 378 g/mol. The molecule has 1 N–H and O–H groups in total. The molecule has 0 saturated carbocycles. The second kappa shape index (κ2) is 7.81. The van der Waals surface area contributed by atoms with Gasteiger partial charge in [0, 0.05) is 11.6 Å². The van der Waals surface area contributed by atoms with Crippen molar-refractivity contribution in [2.75, 3.05) is 24.6 Å². The Morgan fingerprint density at radius 2 is 2.18 bits per heavy atom. The van der Waals surface area contributed by atoms with E-state index in [1.807, 2.05) is 36.6 Å². The first-order chi connectivity index (χ1) is 13.7. The van der Waals surface area contributed by atoms with Gasteiger partial charge in [-0.1, -0.05) is 19.1 Å². The third-order valence-electron chi connectivity index (χ3n) is 4.37. The third kappa shape index (κ3) is 3.61. The Bertz CT molecular complexity index is 1010. The third-order valence-corrected chi connectivity index (χ3v) is 5.25. The lowest BCUT2D eigenvalue weighted by Crippen LogP contribution is -2.44. The van der Waals surface area contributed by atoms with E-state index in [-0.39, 0.29) is 18.4 Å². The van der Waals surface area contributed by atoms with Crippen LogP contribution in [0.15, 0.2) is 42.0 Å².